The number of carbonyl (C=O) groups excluding carboxylic acids is 1. The van der Waals surface area contributed by atoms with E-state index < -0.39 is 12.0 Å². The molecule has 0 saturated heterocycles. The molecule has 1 N–H and O–H groups in total. The van der Waals surface area contributed by atoms with Crippen molar-refractivity contribution in [3.63, 3.8) is 0 Å². The van der Waals surface area contributed by atoms with Gasteiger partial charge in [0.05, 0.1) is 0 Å². The Kier molecular flexibility index (Phi) is 3.97. The van der Waals surface area contributed by atoms with Gasteiger partial charge in [0.25, 0.3) is 0 Å². The maximum Gasteiger partial charge on any atom is 0.326 e. The molecule has 2 amide bonds. The van der Waals surface area contributed by atoms with Crippen LogP contribution in [0.1, 0.15) is 25.0 Å². The summed E-state index contributed by atoms with van der Waals surface area (Å²) < 4.78 is 0. The average Bonchev–Trinajstić information content (AvgIpc) is 2.44. The summed E-state index contributed by atoms with van der Waals surface area (Å²) in [6, 6.07) is 6.70. The van der Waals surface area contributed by atoms with Gasteiger partial charge >= 0.3 is 12.0 Å². The van der Waals surface area contributed by atoms with Crippen LogP contribution in [-0.2, 0) is 17.8 Å². The van der Waals surface area contributed by atoms with Crippen molar-refractivity contribution in [2.75, 3.05) is 7.05 Å². The summed E-state index contributed by atoms with van der Waals surface area (Å²) in [7, 11) is 1.70. The molecule has 0 saturated carbocycles. The Morgan fingerprint density at radius 2 is 1.90 bits per heavy atom. The first kappa shape index (κ1) is 14.4. The van der Waals surface area contributed by atoms with Crippen LogP contribution < -0.4 is 0 Å². The first-order chi connectivity index (χ1) is 9.41. The van der Waals surface area contributed by atoms with Crippen molar-refractivity contribution in [3.8, 4) is 0 Å². The second-order valence-corrected chi connectivity index (χ2v) is 5.44. The van der Waals surface area contributed by atoms with E-state index in [9.17, 15) is 14.7 Å². The predicted octanol–water partition coefficient (Wildman–Crippen LogP) is 1.96. The number of urea groups is 1. The van der Waals surface area contributed by atoms with E-state index in [1.807, 2.05) is 38.1 Å². The number of aliphatic carboxylic acids is 1. The van der Waals surface area contributed by atoms with Gasteiger partial charge in [0.15, 0.2) is 0 Å². The molecule has 108 valence electrons. The summed E-state index contributed by atoms with van der Waals surface area (Å²) in [5.74, 6) is -0.954. The average molecular weight is 276 g/mol. The summed E-state index contributed by atoms with van der Waals surface area (Å²) in [6.45, 7) is 4.17. The van der Waals surface area contributed by atoms with Crippen LogP contribution in [0.2, 0.25) is 0 Å². The van der Waals surface area contributed by atoms with E-state index in [-0.39, 0.29) is 12.1 Å². The summed E-state index contributed by atoms with van der Waals surface area (Å²) in [6.07, 6.45) is 0.364. The fraction of sp³-hybridized carbons (Fsp3) is 0.467. The second-order valence-electron chi connectivity index (χ2n) is 5.44. The van der Waals surface area contributed by atoms with Crippen LogP contribution in [0.25, 0.3) is 0 Å². The molecule has 1 aliphatic rings. The molecule has 0 bridgehead atoms. The first-order valence-electron chi connectivity index (χ1n) is 6.74. The number of hydrogen-bond donors (Lipinski definition) is 1. The second kappa shape index (κ2) is 5.53. The third kappa shape index (κ3) is 2.61. The van der Waals surface area contributed by atoms with Crippen LogP contribution in [0, 0.1) is 0 Å². The van der Waals surface area contributed by atoms with Gasteiger partial charge in [-0.2, -0.15) is 0 Å². The van der Waals surface area contributed by atoms with Crippen LogP contribution >= 0.6 is 0 Å². The zero-order valence-electron chi connectivity index (χ0n) is 12.0. The Bertz CT molecular complexity index is 528. The third-order valence-electron chi connectivity index (χ3n) is 3.86. The van der Waals surface area contributed by atoms with Crippen molar-refractivity contribution in [3.05, 3.63) is 35.4 Å². The number of nitrogens with zero attached hydrogens (tertiary/aromatic N) is 2. The number of carboxylic acid groups (broad SMARTS) is 1. The van der Waals surface area contributed by atoms with Crippen molar-refractivity contribution in [2.24, 2.45) is 0 Å². The molecule has 0 radical (unpaired) electrons. The summed E-state index contributed by atoms with van der Waals surface area (Å²) in [4.78, 5) is 26.9. The van der Waals surface area contributed by atoms with E-state index in [4.69, 9.17) is 0 Å². The standard InChI is InChI=1S/C15H20N2O3/c1-10(2)16(3)15(20)17-9-12-7-5-4-6-11(12)8-13(17)14(18)19/h4-7,10,13H,8-9H2,1-3H3,(H,18,19)/t13-/m0/s1. The van der Waals surface area contributed by atoms with Gasteiger partial charge in [0, 0.05) is 26.1 Å². The number of hydrogen-bond acceptors (Lipinski definition) is 2. The van der Waals surface area contributed by atoms with Crippen LogP contribution in [0.4, 0.5) is 4.79 Å². The SMILES string of the molecule is CC(C)N(C)C(=O)N1Cc2ccccc2C[C@H]1C(=O)O. The molecule has 0 aromatic heterocycles. The minimum absolute atomic E-state index is 0.0362. The van der Waals surface area contributed by atoms with Gasteiger partial charge < -0.3 is 14.9 Å². The molecule has 0 aliphatic carbocycles. The fourth-order valence-electron chi connectivity index (χ4n) is 2.37. The zero-order valence-corrected chi connectivity index (χ0v) is 12.0. The number of benzene rings is 1. The maximum absolute atomic E-state index is 12.5. The van der Waals surface area contributed by atoms with E-state index in [1.165, 1.54) is 4.90 Å². The molecule has 1 aliphatic heterocycles. The lowest BCUT2D eigenvalue weighted by Crippen LogP contribution is -2.53. The number of carbonyl (C=O) groups is 2. The molecule has 1 aromatic carbocycles. The van der Waals surface area contributed by atoms with Crippen molar-refractivity contribution < 1.29 is 14.7 Å². The van der Waals surface area contributed by atoms with Gasteiger partial charge in [-0.3, -0.25) is 0 Å². The van der Waals surface area contributed by atoms with E-state index in [1.54, 1.807) is 11.9 Å². The first-order valence-corrected chi connectivity index (χ1v) is 6.74. The molecule has 1 atom stereocenters. The molecule has 5 nitrogen and oxygen atoms in total. The van der Waals surface area contributed by atoms with E-state index in [0.29, 0.717) is 13.0 Å². The van der Waals surface area contributed by atoms with Crippen LogP contribution in [0.5, 0.6) is 0 Å². The van der Waals surface area contributed by atoms with Crippen molar-refractivity contribution >= 4 is 12.0 Å². The van der Waals surface area contributed by atoms with Gasteiger partial charge in [0.2, 0.25) is 0 Å². The fourth-order valence-corrected chi connectivity index (χ4v) is 2.37. The van der Waals surface area contributed by atoms with Crippen molar-refractivity contribution in [1.29, 1.82) is 0 Å². The van der Waals surface area contributed by atoms with Gasteiger partial charge in [-0.05, 0) is 25.0 Å². The number of rotatable bonds is 2. The van der Waals surface area contributed by atoms with Gasteiger partial charge in [-0.25, -0.2) is 9.59 Å². The Balaban J connectivity index is 2.31. The molecule has 20 heavy (non-hydrogen) atoms. The molecule has 2 rings (SSSR count). The monoisotopic (exact) mass is 276 g/mol. The van der Waals surface area contributed by atoms with E-state index >= 15 is 0 Å². The predicted molar refractivity (Wildman–Crippen MR) is 75.4 cm³/mol. The normalized spacial score (nSPS) is 17.8. The lowest BCUT2D eigenvalue weighted by Gasteiger charge is -2.37. The van der Waals surface area contributed by atoms with E-state index in [0.717, 1.165) is 11.1 Å². The number of carboxylic acids is 1. The Morgan fingerprint density at radius 3 is 2.45 bits per heavy atom. The lowest BCUT2D eigenvalue weighted by molar-refractivity contribution is -0.142. The Morgan fingerprint density at radius 1 is 1.30 bits per heavy atom. The molecular formula is C15H20N2O3. The van der Waals surface area contributed by atoms with Crippen molar-refractivity contribution in [2.45, 2.75) is 38.9 Å². The molecule has 0 fully saturated rings. The zero-order chi connectivity index (χ0) is 14.9. The molecule has 5 heteroatoms. The topological polar surface area (TPSA) is 60.9 Å². The van der Waals surface area contributed by atoms with Crippen LogP contribution in [0.3, 0.4) is 0 Å². The molecule has 0 unspecified atom stereocenters. The van der Waals surface area contributed by atoms with Crippen LogP contribution in [0.15, 0.2) is 24.3 Å². The summed E-state index contributed by atoms with van der Waals surface area (Å²) in [5, 5.41) is 9.39. The lowest BCUT2D eigenvalue weighted by atomic mass is 9.94. The Labute approximate surface area is 118 Å². The molecular weight excluding hydrogens is 256 g/mol. The minimum Gasteiger partial charge on any atom is -0.480 e. The smallest absolute Gasteiger partial charge is 0.326 e. The van der Waals surface area contributed by atoms with Gasteiger partial charge in [0.1, 0.15) is 6.04 Å². The third-order valence-corrected chi connectivity index (χ3v) is 3.86. The van der Waals surface area contributed by atoms with Gasteiger partial charge in [-0.15, -0.1) is 0 Å². The summed E-state index contributed by atoms with van der Waals surface area (Å²) in [5.41, 5.74) is 2.03. The van der Waals surface area contributed by atoms with Crippen molar-refractivity contribution in [1.82, 2.24) is 9.80 Å². The molecule has 0 spiro atoms. The quantitative estimate of drug-likeness (QED) is 0.898. The number of amides is 2. The molecule has 1 aromatic rings. The highest BCUT2D eigenvalue weighted by Gasteiger charge is 2.36. The highest BCUT2D eigenvalue weighted by atomic mass is 16.4. The highest BCUT2D eigenvalue weighted by Crippen LogP contribution is 2.24. The summed E-state index contributed by atoms with van der Waals surface area (Å²) >= 11 is 0. The Hall–Kier alpha value is -2.04. The van der Waals surface area contributed by atoms with Gasteiger partial charge in [-0.1, -0.05) is 24.3 Å². The van der Waals surface area contributed by atoms with Crippen LogP contribution in [-0.4, -0.2) is 46.0 Å². The van der Waals surface area contributed by atoms with E-state index in [2.05, 4.69) is 0 Å². The highest BCUT2D eigenvalue weighted by molar-refractivity contribution is 5.83. The largest absolute Gasteiger partial charge is 0.480 e. The molecule has 1 heterocycles. The maximum atomic E-state index is 12.5. The minimum atomic E-state index is -0.954. The number of fused-ring (bicyclic) bond motifs is 1.